The monoisotopic (exact) mass is 342 g/mol. The zero-order valence-electron chi connectivity index (χ0n) is 14.3. The second kappa shape index (κ2) is 7.09. The molecule has 0 saturated heterocycles. The van der Waals surface area contributed by atoms with Crippen molar-refractivity contribution in [1.82, 2.24) is 0 Å². The Bertz CT molecular complexity index is 636. The van der Waals surface area contributed by atoms with E-state index < -0.39 is 10.1 Å². The maximum Gasteiger partial charge on any atom is 0.306 e. The van der Waals surface area contributed by atoms with E-state index >= 15 is 0 Å². The van der Waals surface area contributed by atoms with Gasteiger partial charge in [-0.3, -0.25) is 0 Å². The molecular weight excluding hydrogens is 316 g/mol. The van der Waals surface area contributed by atoms with Crippen molar-refractivity contribution in [3.05, 3.63) is 23.8 Å². The summed E-state index contributed by atoms with van der Waals surface area (Å²) in [4.78, 5) is 0. The third-order valence-electron chi connectivity index (χ3n) is 3.98. The van der Waals surface area contributed by atoms with Crippen LogP contribution >= 0.6 is 0 Å². The van der Waals surface area contributed by atoms with Crippen molar-refractivity contribution in [2.45, 2.75) is 58.2 Å². The molecular formula is C17H26O5S. The molecule has 1 unspecified atom stereocenters. The SMILES string of the molecule is CCCCCCOC1Oc2ccc(OS(C)(=O)=O)cc2C1(C)C. The Hall–Kier alpha value is -1.27. The number of hydrogen-bond donors (Lipinski definition) is 0. The third-order valence-corrected chi connectivity index (χ3v) is 4.48. The summed E-state index contributed by atoms with van der Waals surface area (Å²) in [7, 11) is -3.54. The first-order valence-electron chi connectivity index (χ1n) is 8.06. The lowest BCUT2D eigenvalue weighted by Crippen LogP contribution is -2.35. The average molecular weight is 342 g/mol. The van der Waals surface area contributed by atoms with Crippen LogP contribution in [0.1, 0.15) is 52.0 Å². The molecule has 5 nitrogen and oxygen atoms in total. The van der Waals surface area contributed by atoms with Crippen molar-refractivity contribution in [2.24, 2.45) is 0 Å². The zero-order valence-corrected chi connectivity index (χ0v) is 15.1. The van der Waals surface area contributed by atoms with E-state index in [1.165, 1.54) is 12.8 Å². The van der Waals surface area contributed by atoms with Crippen LogP contribution in [0.5, 0.6) is 11.5 Å². The van der Waals surface area contributed by atoms with Crippen LogP contribution in [-0.4, -0.2) is 27.6 Å². The normalized spacial score (nSPS) is 19.2. The van der Waals surface area contributed by atoms with Gasteiger partial charge in [-0.25, -0.2) is 0 Å². The highest BCUT2D eigenvalue weighted by Crippen LogP contribution is 2.44. The molecule has 23 heavy (non-hydrogen) atoms. The Balaban J connectivity index is 2.05. The third kappa shape index (κ3) is 4.61. The molecule has 1 aromatic rings. The van der Waals surface area contributed by atoms with Gasteiger partial charge in [0.1, 0.15) is 11.5 Å². The topological polar surface area (TPSA) is 61.8 Å². The minimum absolute atomic E-state index is 0.298. The molecule has 0 saturated carbocycles. The number of benzene rings is 1. The van der Waals surface area contributed by atoms with E-state index in [4.69, 9.17) is 13.7 Å². The van der Waals surface area contributed by atoms with Crippen molar-refractivity contribution in [1.29, 1.82) is 0 Å². The van der Waals surface area contributed by atoms with E-state index in [2.05, 4.69) is 6.92 Å². The van der Waals surface area contributed by atoms with Crippen LogP contribution < -0.4 is 8.92 Å². The van der Waals surface area contributed by atoms with Crippen LogP contribution in [0, 0.1) is 0 Å². The van der Waals surface area contributed by atoms with Gasteiger partial charge >= 0.3 is 10.1 Å². The summed E-state index contributed by atoms with van der Waals surface area (Å²) in [6, 6.07) is 5.05. The van der Waals surface area contributed by atoms with Gasteiger partial charge in [-0.05, 0) is 38.5 Å². The van der Waals surface area contributed by atoms with Crippen LogP contribution in [0.2, 0.25) is 0 Å². The number of fused-ring (bicyclic) bond motifs is 1. The Kier molecular flexibility index (Phi) is 5.57. The van der Waals surface area contributed by atoms with Gasteiger partial charge in [-0.15, -0.1) is 0 Å². The van der Waals surface area contributed by atoms with E-state index in [0.717, 1.165) is 30.4 Å². The van der Waals surface area contributed by atoms with E-state index in [9.17, 15) is 8.42 Å². The van der Waals surface area contributed by atoms with Crippen LogP contribution in [0.3, 0.4) is 0 Å². The predicted molar refractivity (Wildman–Crippen MR) is 89.4 cm³/mol. The molecule has 1 aliphatic rings. The molecule has 0 spiro atoms. The molecule has 130 valence electrons. The first-order chi connectivity index (χ1) is 10.7. The summed E-state index contributed by atoms with van der Waals surface area (Å²) in [5.41, 5.74) is 0.536. The van der Waals surface area contributed by atoms with Crippen LogP contribution in [0.4, 0.5) is 0 Å². The summed E-state index contributed by atoms with van der Waals surface area (Å²) in [6.07, 6.45) is 5.24. The highest BCUT2D eigenvalue weighted by Gasteiger charge is 2.42. The minimum Gasteiger partial charge on any atom is -0.464 e. The van der Waals surface area contributed by atoms with Gasteiger partial charge in [0, 0.05) is 5.56 Å². The smallest absolute Gasteiger partial charge is 0.306 e. The highest BCUT2D eigenvalue weighted by atomic mass is 32.2. The number of hydrogen-bond acceptors (Lipinski definition) is 5. The summed E-state index contributed by atoms with van der Waals surface area (Å²) in [6.45, 7) is 6.89. The maximum atomic E-state index is 11.3. The van der Waals surface area contributed by atoms with Gasteiger partial charge in [0.15, 0.2) is 0 Å². The lowest BCUT2D eigenvalue weighted by atomic mass is 9.85. The van der Waals surface area contributed by atoms with Crippen molar-refractivity contribution < 1.29 is 22.1 Å². The molecule has 1 aromatic carbocycles. The van der Waals surface area contributed by atoms with Gasteiger partial charge in [-0.1, -0.05) is 26.2 Å². The molecule has 0 amide bonds. The molecule has 2 rings (SSSR count). The molecule has 0 bridgehead atoms. The fraction of sp³-hybridized carbons (Fsp3) is 0.647. The first kappa shape index (κ1) is 18.1. The van der Waals surface area contributed by atoms with E-state index in [-0.39, 0.29) is 11.7 Å². The van der Waals surface area contributed by atoms with E-state index in [0.29, 0.717) is 12.4 Å². The highest BCUT2D eigenvalue weighted by molar-refractivity contribution is 7.86. The molecule has 1 heterocycles. The molecule has 1 atom stereocenters. The molecule has 0 aliphatic carbocycles. The van der Waals surface area contributed by atoms with Crippen LogP contribution in [0.25, 0.3) is 0 Å². The quantitative estimate of drug-likeness (QED) is 0.533. The molecule has 1 aliphatic heterocycles. The standard InChI is InChI=1S/C17H26O5S/c1-5-6-7-8-11-20-16-17(2,3)14-12-13(22-23(4,18)19)9-10-15(14)21-16/h9-10,12,16H,5-8,11H2,1-4H3. The van der Waals surface area contributed by atoms with Crippen molar-refractivity contribution in [3.63, 3.8) is 0 Å². The summed E-state index contributed by atoms with van der Waals surface area (Å²) < 4.78 is 39.3. The minimum atomic E-state index is -3.54. The molecule has 0 aromatic heterocycles. The van der Waals surface area contributed by atoms with Gasteiger partial charge < -0.3 is 13.7 Å². The Labute approximate surface area is 139 Å². The number of ether oxygens (including phenoxy) is 2. The molecule has 0 fully saturated rings. The second-order valence-corrected chi connectivity index (χ2v) is 8.12. The van der Waals surface area contributed by atoms with Gasteiger partial charge in [-0.2, -0.15) is 8.42 Å². The number of unbranched alkanes of at least 4 members (excludes halogenated alkanes) is 3. The molecule has 6 heteroatoms. The van der Waals surface area contributed by atoms with Gasteiger partial charge in [0.05, 0.1) is 18.3 Å². The van der Waals surface area contributed by atoms with Gasteiger partial charge in [0.25, 0.3) is 0 Å². The average Bonchev–Trinajstić information content (AvgIpc) is 2.69. The van der Waals surface area contributed by atoms with Gasteiger partial charge in [0.2, 0.25) is 6.29 Å². The number of rotatable bonds is 8. The Morgan fingerprint density at radius 2 is 1.96 bits per heavy atom. The zero-order chi connectivity index (χ0) is 17.1. The van der Waals surface area contributed by atoms with Crippen molar-refractivity contribution >= 4 is 10.1 Å². The largest absolute Gasteiger partial charge is 0.464 e. The Morgan fingerprint density at radius 1 is 1.22 bits per heavy atom. The Morgan fingerprint density at radius 3 is 2.61 bits per heavy atom. The van der Waals surface area contributed by atoms with Crippen LogP contribution in [-0.2, 0) is 20.3 Å². The van der Waals surface area contributed by atoms with Crippen molar-refractivity contribution in [3.8, 4) is 11.5 Å². The fourth-order valence-corrected chi connectivity index (χ4v) is 3.15. The van der Waals surface area contributed by atoms with E-state index in [1.54, 1.807) is 18.2 Å². The summed E-state index contributed by atoms with van der Waals surface area (Å²) in [5.74, 6) is 1.01. The van der Waals surface area contributed by atoms with Crippen LogP contribution in [0.15, 0.2) is 18.2 Å². The molecule has 0 N–H and O–H groups in total. The summed E-state index contributed by atoms with van der Waals surface area (Å²) in [5, 5.41) is 0. The lowest BCUT2D eigenvalue weighted by molar-refractivity contribution is -0.103. The maximum absolute atomic E-state index is 11.3. The van der Waals surface area contributed by atoms with Crippen molar-refractivity contribution in [2.75, 3.05) is 12.9 Å². The second-order valence-electron chi connectivity index (χ2n) is 6.55. The summed E-state index contributed by atoms with van der Waals surface area (Å²) >= 11 is 0. The predicted octanol–water partition coefficient (Wildman–Crippen LogP) is 3.62. The molecule has 0 radical (unpaired) electrons. The fourth-order valence-electron chi connectivity index (χ4n) is 2.69. The first-order valence-corrected chi connectivity index (χ1v) is 9.88. The van der Waals surface area contributed by atoms with E-state index in [1.807, 2.05) is 13.8 Å². The lowest BCUT2D eigenvalue weighted by Gasteiger charge is -2.25.